The van der Waals surface area contributed by atoms with E-state index in [2.05, 4.69) is 57.2 Å². The van der Waals surface area contributed by atoms with Crippen molar-refractivity contribution in [3.8, 4) is 0 Å². The van der Waals surface area contributed by atoms with Crippen molar-refractivity contribution >= 4 is 25.7 Å². The molecule has 0 heterocycles. The molecule has 3 unspecified atom stereocenters. The molecule has 0 fully saturated rings. The summed E-state index contributed by atoms with van der Waals surface area (Å²) >= 11 is 0. The highest BCUT2D eigenvalue weighted by atomic mass is 31.2. The second-order valence-corrected chi connectivity index (χ2v) is 23.0. The number of esters is 3. The maximum atomic E-state index is 12.9. The van der Waals surface area contributed by atoms with Gasteiger partial charge < -0.3 is 24.2 Å². The number of phosphoric ester groups is 1. The number of ether oxygens (including phenoxy) is 3. The van der Waals surface area contributed by atoms with E-state index in [-0.39, 0.29) is 25.9 Å². The maximum absolute atomic E-state index is 12.9. The van der Waals surface area contributed by atoms with Crippen molar-refractivity contribution in [2.45, 2.75) is 328 Å². The summed E-state index contributed by atoms with van der Waals surface area (Å²) in [4.78, 5) is 48.7. The monoisotopic (exact) mass is 1090 g/mol. The molecule has 0 radical (unpaired) electrons. The minimum Gasteiger partial charge on any atom is -0.462 e. The molecule has 0 amide bonds. The van der Waals surface area contributed by atoms with Crippen molar-refractivity contribution in [2.24, 2.45) is 0 Å². The quantitative estimate of drug-likeness (QED) is 0.0197. The maximum Gasteiger partial charge on any atom is 0.472 e. The molecule has 2 N–H and O–H groups in total. The molecule has 0 rings (SSSR count). The van der Waals surface area contributed by atoms with Crippen molar-refractivity contribution in [3.63, 3.8) is 0 Å². The van der Waals surface area contributed by atoms with Crippen LogP contribution in [0.3, 0.4) is 0 Å². The highest BCUT2D eigenvalue weighted by Gasteiger charge is 2.28. The summed E-state index contributed by atoms with van der Waals surface area (Å²) in [7, 11) is -4.75. The summed E-state index contributed by atoms with van der Waals surface area (Å²) in [5, 5.41) is 9.84. The molecular weight excluding hydrogens is 976 g/mol. The molecule has 11 nitrogen and oxygen atoms in total. The lowest BCUT2D eigenvalue weighted by molar-refractivity contribution is -0.161. The third-order valence-corrected chi connectivity index (χ3v) is 15.0. The van der Waals surface area contributed by atoms with Crippen LogP contribution in [0, 0.1) is 0 Å². The summed E-state index contributed by atoms with van der Waals surface area (Å²) in [6.45, 7) is 4.60. The van der Waals surface area contributed by atoms with Gasteiger partial charge in [0.15, 0.2) is 6.10 Å². The van der Waals surface area contributed by atoms with E-state index in [0.717, 1.165) is 89.9 Å². The van der Waals surface area contributed by atoms with Gasteiger partial charge in [-0.3, -0.25) is 23.4 Å². The van der Waals surface area contributed by atoms with E-state index in [9.17, 15) is 28.9 Å². The number of carbonyl (C=O) groups excluding carboxylic acids is 3. The van der Waals surface area contributed by atoms with E-state index < -0.39 is 57.8 Å². The first-order valence-corrected chi connectivity index (χ1v) is 33.4. The lowest BCUT2D eigenvalue weighted by Crippen LogP contribution is -2.30. The van der Waals surface area contributed by atoms with Gasteiger partial charge in [-0.25, -0.2) is 4.57 Å². The number of allylic oxidation sites excluding steroid dienone is 6. The zero-order valence-corrected chi connectivity index (χ0v) is 50.4. The summed E-state index contributed by atoms with van der Waals surface area (Å²) in [5.74, 6) is -1.45. The summed E-state index contributed by atoms with van der Waals surface area (Å²) < 4.78 is 39.7. The van der Waals surface area contributed by atoms with Crippen LogP contribution in [-0.2, 0) is 42.2 Å². The van der Waals surface area contributed by atoms with Gasteiger partial charge in [0.2, 0.25) is 0 Å². The number of phosphoric acid groups is 1. The van der Waals surface area contributed by atoms with Crippen molar-refractivity contribution in [1.82, 2.24) is 0 Å². The van der Waals surface area contributed by atoms with Gasteiger partial charge in [-0.1, -0.05) is 282 Å². The minimum absolute atomic E-state index is 0.161. The average Bonchev–Trinajstić information content (AvgIpc) is 3.41. The second kappa shape index (κ2) is 58.8. The van der Waals surface area contributed by atoms with E-state index >= 15 is 0 Å². The molecule has 0 aromatic heterocycles. The van der Waals surface area contributed by atoms with Gasteiger partial charge in [-0.2, -0.15) is 0 Å². The van der Waals surface area contributed by atoms with Crippen LogP contribution >= 0.6 is 7.82 Å². The van der Waals surface area contributed by atoms with Gasteiger partial charge in [0, 0.05) is 19.3 Å². The van der Waals surface area contributed by atoms with Crippen LogP contribution in [0.1, 0.15) is 316 Å². The highest BCUT2D eigenvalue weighted by molar-refractivity contribution is 7.47. The van der Waals surface area contributed by atoms with Crippen LogP contribution in [0.15, 0.2) is 36.5 Å². The Labute approximate surface area is 467 Å². The molecule has 0 aliphatic heterocycles. The van der Waals surface area contributed by atoms with Crippen LogP contribution in [0.25, 0.3) is 0 Å². The SMILES string of the molecule is CC/C=C\C/C=C\C/C=C\CCCCCCCCCC(=O)OC(COC(=O)CCCCCCCCCCCCCCCCCCC)COP(=O)(O)OCC(CO)OC(=O)CCCCCCCCCCCCCCCCC. The Bertz CT molecular complexity index is 1420. The third-order valence-electron chi connectivity index (χ3n) is 14.1. The largest absolute Gasteiger partial charge is 0.472 e. The van der Waals surface area contributed by atoms with Crippen molar-refractivity contribution in [1.29, 1.82) is 0 Å². The van der Waals surface area contributed by atoms with Crippen LogP contribution in [-0.4, -0.2) is 66.5 Å². The molecule has 76 heavy (non-hydrogen) atoms. The van der Waals surface area contributed by atoms with Gasteiger partial charge in [0.05, 0.1) is 19.8 Å². The van der Waals surface area contributed by atoms with Crippen LogP contribution in [0.5, 0.6) is 0 Å². The van der Waals surface area contributed by atoms with E-state index in [1.54, 1.807) is 0 Å². The van der Waals surface area contributed by atoms with Gasteiger partial charge in [-0.15, -0.1) is 0 Å². The van der Waals surface area contributed by atoms with Crippen LogP contribution < -0.4 is 0 Å². The molecule has 0 aromatic rings. The van der Waals surface area contributed by atoms with E-state index in [4.69, 9.17) is 23.3 Å². The van der Waals surface area contributed by atoms with Crippen LogP contribution in [0.4, 0.5) is 0 Å². The molecule has 0 bridgehead atoms. The standard InChI is InChI=1S/C64H119O11P/c1-4-7-10-13-16-19-22-25-28-30-33-35-38-41-44-47-50-53-62(66)71-57-61(75-64(68)55-52-49-46-43-40-37-34-31-29-26-23-20-17-14-11-8-5-2)59-73-76(69,70)72-58-60(56-65)74-63(67)54-51-48-45-42-39-36-32-27-24-21-18-15-12-9-6-3/h8,11,17,20,26,29,60-61,65H,4-7,9-10,12-16,18-19,21-25,27-28,30-59H2,1-3H3,(H,69,70)/b11-8-,20-17-,29-26-. The molecular formula is C64H119O11P. The first-order chi connectivity index (χ1) is 37.2. The Morgan fingerprint density at radius 1 is 0.382 bits per heavy atom. The van der Waals surface area contributed by atoms with E-state index in [1.807, 2.05) is 0 Å². The Kier molecular flexibility index (Phi) is 57.1. The normalized spacial score (nSPS) is 13.5. The molecule has 0 aliphatic carbocycles. The topological polar surface area (TPSA) is 155 Å². The minimum atomic E-state index is -4.75. The Hall–Kier alpha value is -2.30. The van der Waals surface area contributed by atoms with E-state index in [1.165, 1.54) is 167 Å². The molecule has 0 saturated heterocycles. The molecule has 0 spiro atoms. The second-order valence-electron chi connectivity index (χ2n) is 21.6. The average molecular weight is 1100 g/mol. The van der Waals surface area contributed by atoms with Gasteiger partial charge >= 0.3 is 25.7 Å². The van der Waals surface area contributed by atoms with E-state index in [0.29, 0.717) is 19.3 Å². The third kappa shape index (κ3) is 56.4. The summed E-state index contributed by atoms with van der Waals surface area (Å²) in [6, 6.07) is 0. The molecule has 0 saturated carbocycles. The predicted molar refractivity (Wildman–Crippen MR) is 316 cm³/mol. The number of aliphatic hydroxyl groups excluding tert-OH is 1. The van der Waals surface area contributed by atoms with Crippen molar-refractivity contribution in [3.05, 3.63) is 36.5 Å². The lowest BCUT2D eigenvalue weighted by atomic mass is 10.0. The number of carbonyl (C=O) groups is 3. The fourth-order valence-corrected chi connectivity index (χ4v) is 10.0. The molecule has 3 atom stereocenters. The number of rotatable bonds is 60. The lowest BCUT2D eigenvalue weighted by Gasteiger charge is -2.21. The fourth-order valence-electron chi connectivity index (χ4n) is 9.26. The number of hydrogen-bond acceptors (Lipinski definition) is 10. The predicted octanol–water partition coefficient (Wildman–Crippen LogP) is 19.2. The number of aliphatic hydroxyl groups is 1. The molecule has 12 heteroatoms. The molecule has 0 aliphatic rings. The smallest absolute Gasteiger partial charge is 0.462 e. The molecule has 0 aromatic carbocycles. The van der Waals surface area contributed by atoms with Crippen molar-refractivity contribution < 1.29 is 52.2 Å². The first kappa shape index (κ1) is 73.7. The Morgan fingerprint density at radius 2 is 0.684 bits per heavy atom. The first-order valence-electron chi connectivity index (χ1n) is 31.9. The van der Waals surface area contributed by atoms with Gasteiger partial charge in [-0.05, 0) is 51.4 Å². The summed E-state index contributed by atoms with van der Waals surface area (Å²) in [6.07, 6.45) is 62.3. The van der Waals surface area contributed by atoms with Gasteiger partial charge in [0.25, 0.3) is 0 Å². The number of hydrogen-bond donors (Lipinski definition) is 2. The zero-order chi connectivity index (χ0) is 55.5. The van der Waals surface area contributed by atoms with Gasteiger partial charge in [0.1, 0.15) is 12.7 Å². The summed E-state index contributed by atoms with van der Waals surface area (Å²) in [5.41, 5.74) is 0. The number of unbranched alkanes of at least 4 members (excludes halogenated alkanes) is 37. The zero-order valence-electron chi connectivity index (χ0n) is 49.5. The fraction of sp³-hybridized carbons (Fsp3) is 0.859. The van der Waals surface area contributed by atoms with Crippen molar-refractivity contribution in [2.75, 3.05) is 26.4 Å². The Morgan fingerprint density at radius 3 is 1.05 bits per heavy atom. The molecule has 446 valence electrons. The van der Waals surface area contributed by atoms with Crippen LogP contribution in [0.2, 0.25) is 0 Å². The Balaban J connectivity index is 4.67. The highest BCUT2D eigenvalue weighted by Crippen LogP contribution is 2.43.